The van der Waals surface area contributed by atoms with Gasteiger partial charge in [-0.25, -0.2) is 4.39 Å². The van der Waals surface area contributed by atoms with Gasteiger partial charge in [0.05, 0.1) is 11.0 Å². The molecule has 7 heteroatoms. The van der Waals surface area contributed by atoms with E-state index in [1.165, 1.54) is 25.5 Å². The van der Waals surface area contributed by atoms with E-state index in [0.29, 0.717) is 36.8 Å². The Morgan fingerprint density at radius 3 is 2.36 bits per heavy atom. The SMILES string of the molecule is CC.CC(=O)c1ccc(OCCN2CCC3(CC2)C(=O)Nc2ccc(Cl)cc23)cc1F.CCC(C)C. The van der Waals surface area contributed by atoms with E-state index < -0.39 is 11.2 Å². The maximum absolute atomic E-state index is 13.9. The third-order valence-electron chi connectivity index (χ3n) is 6.70. The van der Waals surface area contributed by atoms with Crippen LogP contribution in [-0.2, 0) is 10.2 Å². The lowest BCUT2D eigenvalue weighted by Gasteiger charge is -2.37. The number of benzene rings is 2. The van der Waals surface area contributed by atoms with Crippen molar-refractivity contribution in [2.75, 3.05) is 31.6 Å². The molecule has 2 aliphatic heterocycles. The Kier molecular flexibility index (Phi) is 11.4. The number of halogens is 2. The first-order valence-corrected chi connectivity index (χ1v) is 13.3. The zero-order valence-electron chi connectivity index (χ0n) is 22.4. The van der Waals surface area contributed by atoms with Crippen molar-refractivity contribution in [2.45, 2.75) is 66.2 Å². The van der Waals surface area contributed by atoms with Gasteiger partial charge in [-0.1, -0.05) is 52.6 Å². The lowest BCUT2D eigenvalue weighted by Crippen LogP contribution is -2.47. The van der Waals surface area contributed by atoms with Gasteiger partial charge in [-0.2, -0.15) is 0 Å². The van der Waals surface area contributed by atoms with Gasteiger partial charge < -0.3 is 10.1 Å². The fourth-order valence-electron chi connectivity index (χ4n) is 4.20. The predicted molar refractivity (Wildman–Crippen MR) is 146 cm³/mol. The monoisotopic (exact) mass is 518 g/mol. The van der Waals surface area contributed by atoms with E-state index in [-0.39, 0.29) is 17.3 Å². The summed E-state index contributed by atoms with van der Waals surface area (Å²) in [5.41, 5.74) is 1.40. The molecule has 198 valence electrons. The van der Waals surface area contributed by atoms with Gasteiger partial charge >= 0.3 is 0 Å². The molecule has 36 heavy (non-hydrogen) atoms. The molecule has 2 heterocycles. The van der Waals surface area contributed by atoms with Crippen LogP contribution in [0.5, 0.6) is 5.75 Å². The Labute approximate surface area is 220 Å². The third kappa shape index (κ3) is 7.30. The number of Topliss-reactive ketones (excluding diaryl/α,β-unsaturated/α-hetero) is 1. The molecule has 1 N–H and O–H groups in total. The van der Waals surface area contributed by atoms with Crippen LogP contribution >= 0.6 is 11.6 Å². The standard InChI is InChI=1S/C22H22ClFN2O3.C5H12.C2H6/c1-14(27)17-4-3-16(13-19(17)24)29-11-10-26-8-6-22(7-9-26)18-12-15(23)2-5-20(18)25-21(22)28;1-4-5(2)3;1-2/h2-5,12-13H,6-11H2,1H3,(H,25,28);5H,4H2,1-3H3;1-2H3. The number of amides is 1. The summed E-state index contributed by atoms with van der Waals surface area (Å²) in [4.78, 5) is 26.2. The molecule has 0 saturated carbocycles. The number of anilines is 1. The number of hydrogen-bond acceptors (Lipinski definition) is 4. The summed E-state index contributed by atoms with van der Waals surface area (Å²) in [6.07, 6.45) is 2.74. The minimum atomic E-state index is -0.570. The molecule has 2 aliphatic rings. The average molecular weight is 519 g/mol. The van der Waals surface area contributed by atoms with Gasteiger partial charge in [0, 0.05) is 23.3 Å². The van der Waals surface area contributed by atoms with Crippen molar-refractivity contribution >= 4 is 29.0 Å². The van der Waals surface area contributed by atoms with Crippen LogP contribution in [0.1, 0.15) is 76.7 Å². The highest BCUT2D eigenvalue weighted by atomic mass is 35.5. The molecule has 1 fully saturated rings. The lowest BCUT2D eigenvalue weighted by molar-refractivity contribution is -0.122. The highest BCUT2D eigenvalue weighted by Crippen LogP contribution is 2.45. The number of nitrogens with one attached hydrogen (secondary N) is 1. The highest BCUT2D eigenvalue weighted by molar-refractivity contribution is 6.31. The van der Waals surface area contributed by atoms with Crippen LogP contribution < -0.4 is 10.1 Å². The zero-order valence-corrected chi connectivity index (χ0v) is 23.2. The van der Waals surface area contributed by atoms with Gasteiger partial charge in [-0.15, -0.1) is 0 Å². The predicted octanol–water partition coefficient (Wildman–Crippen LogP) is 7.13. The van der Waals surface area contributed by atoms with Crippen LogP contribution in [0.15, 0.2) is 36.4 Å². The van der Waals surface area contributed by atoms with Gasteiger partial charge in [-0.05, 0) is 74.7 Å². The molecule has 2 aromatic rings. The van der Waals surface area contributed by atoms with Gasteiger partial charge in [0.25, 0.3) is 0 Å². The molecule has 1 amide bonds. The van der Waals surface area contributed by atoms with Crippen molar-refractivity contribution in [1.82, 2.24) is 4.90 Å². The minimum absolute atomic E-state index is 0.0479. The van der Waals surface area contributed by atoms with E-state index in [4.69, 9.17) is 16.3 Å². The molecule has 0 aromatic heterocycles. The lowest BCUT2D eigenvalue weighted by atomic mass is 9.73. The molecule has 0 aliphatic carbocycles. The Bertz CT molecular complexity index is 1030. The molecular formula is C29H40ClFN2O3. The molecule has 5 nitrogen and oxygen atoms in total. The summed E-state index contributed by atoms with van der Waals surface area (Å²) in [5.74, 6) is 0.455. The van der Waals surface area contributed by atoms with E-state index in [2.05, 4.69) is 31.0 Å². The van der Waals surface area contributed by atoms with Crippen LogP contribution in [0.25, 0.3) is 0 Å². The molecule has 1 saturated heterocycles. The largest absolute Gasteiger partial charge is 0.492 e. The van der Waals surface area contributed by atoms with Crippen LogP contribution in [0.2, 0.25) is 5.02 Å². The summed E-state index contributed by atoms with van der Waals surface area (Å²) in [7, 11) is 0. The van der Waals surface area contributed by atoms with Crippen molar-refractivity contribution < 1.29 is 18.7 Å². The number of rotatable bonds is 6. The Hall–Kier alpha value is -2.44. The molecule has 0 unspecified atom stereocenters. The summed E-state index contributed by atoms with van der Waals surface area (Å²) < 4.78 is 19.5. The number of fused-ring (bicyclic) bond motifs is 2. The number of ketones is 1. The highest BCUT2D eigenvalue weighted by Gasteiger charge is 2.48. The van der Waals surface area contributed by atoms with Gasteiger partial charge in [0.2, 0.25) is 5.91 Å². The maximum atomic E-state index is 13.9. The van der Waals surface area contributed by atoms with E-state index in [1.54, 1.807) is 12.1 Å². The third-order valence-corrected chi connectivity index (χ3v) is 6.94. The second-order valence-corrected chi connectivity index (χ2v) is 9.85. The second kappa shape index (κ2) is 13.8. The van der Waals surface area contributed by atoms with E-state index >= 15 is 0 Å². The number of carbonyl (C=O) groups is 2. The van der Waals surface area contributed by atoms with E-state index in [1.807, 2.05) is 26.0 Å². The second-order valence-electron chi connectivity index (χ2n) is 9.42. The molecular weight excluding hydrogens is 479 g/mol. The number of ether oxygens (including phenoxy) is 1. The first kappa shape index (κ1) is 29.8. The van der Waals surface area contributed by atoms with Gasteiger partial charge in [0.15, 0.2) is 5.78 Å². The Morgan fingerprint density at radius 1 is 1.17 bits per heavy atom. The summed E-state index contributed by atoms with van der Waals surface area (Å²) in [5, 5.41) is 3.62. The van der Waals surface area contributed by atoms with Crippen molar-refractivity contribution in [2.24, 2.45) is 5.92 Å². The Balaban J connectivity index is 0.000000583. The minimum Gasteiger partial charge on any atom is -0.492 e. The molecule has 0 atom stereocenters. The summed E-state index contributed by atoms with van der Waals surface area (Å²) in [6, 6.07) is 9.84. The zero-order chi connectivity index (χ0) is 26.9. The average Bonchev–Trinajstić information content (AvgIpc) is 3.12. The van der Waals surface area contributed by atoms with Crippen LogP contribution in [0.4, 0.5) is 10.1 Å². The fourth-order valence-corrected chi connectivity index (χ4v) is 4.38. The maximum Gasteiger partial charge on any atom is 0.235 e. The summed E-state index contributed by atoms with van der Waals surface area (Å²) >= 11 is 6.16. The first-order chi connectivity index (χ1) is 17.2. The molecule has 0 bridgehead atoms. The molecule has 1 spiro atoms. The van der Waals surface area contributed by atoms with Crippen molar-refractivity contribution in [3.8, 4) is 5.75 Å². The molecule has 0 radical (unpaired) electrons. The van der Waals surface area contributed by atoms with Crippen molar-refractivity contribution in [1.29, 1.82) is 0 Å². The summed E-state index contributed by atoms with van der Waals surface area (Å²) in [6.45, 7) is 14.6. The normalized spacial score (nSPS) is 15.9. The number of piperidine rings is 1. The van der Waals surface area contributed by atoms with Gasteiger partial charge in [0.1, 0.15) is 18.2 Å². The Morgan fingerprint density at radius 2 is 1.81 bits per heavy atom. The fraction of sp³-hybridized carbons (Fsp3) is 0.517. The number of likely N-dealkylation sites (tertiary alicyclic amines) is 1. The smallest absolute Gasteiger partial charge is 0.235 e. The van der Waals surface area contributed by atoms with E-state index in [0.717, 1.165) is 30.3 Å². The topological polar surface area (TPSA) is 58.6 Å². The number of hydrogen-bond donors (Lipinski definition) is 1. The van der Waals surface area contributed by atoms with Gasteiger partial charge in [-0.3, -0.25) is 14.5 Å². The van der Waals surface area contributed by atoms with Crippen LogP contribution in [-0.4, -0.2) is 42.8 Å². The molecule has 2 aromatic carbocycles. The van der Waals surface area contributed by atoms with Crippen LogP contribution in [0, 0.1) is 11.7 Å². The first-order valence-electron chi connectivity index (χ1n) is 12.9. The van der Waals surface area contributed by atoms with E-state index in [9.17, 15) is 14.0 Å². The van der Waals surface area contributed by atoms with Crippen LogP contribution in [0.3, 0.4) is 0 Å². The van der Waals surface area contributed by atoms with Crippen molar-refractivity contribution in [3.63, 3.8) is 0 Å². The molecule has 4 rings (SSSR count). The van der Waals surface area contributed by atoms with Crippen molar-refractivity contribution in [3.05, 3.63) is 58.4 Å². The quantitative estimate of drug-likeness (QED) is 0.413. The number of carbonyl (C=O) groups excluding carboxylic acids is 2. The number of nitrogens with zero attached hydrogens (tertiary/aromatic N) is 1.